The highest BCUT2D eigenvalue weighted by Crippen LogP contribution is 2.44. The van der Waals surface area contributed by atoms with E-state index in [1.807, 2.05) is 58.9 Å². The third-order valence-corrected chi connectivity index (χ3v) is 6.36. The van der Waals surface area contributed by atoms with Crippen LogP contribution < -0.4 is 9.64 Å². The molecule has 4 rings (SSSR count). The van der Waals surface area contributed by atoms with Gasteiger partial charge in [-0.25, -0.2) is 0 Å². The van der Waals surface area contributed by atoms with Gasteiger partial charge in [0, 0.05) is 29.2 Å². The summed E-state index contributed by atoms with van der Waals surface area (Å²) < 4.78 is 5.52. The number of amides is 1. The van der Waals surface area contributed by atoms with Gasteiger partial charge in [-0.1, -0.05) is 38.5 Å². The SMILES string of the molecule is COc1ccc(/C(O)=C2/C(=O)C(=O)N(c3ccc(C)cc3C)C2c2ccncc2)cc1C(C)(C)C. The molecule has 6 nitrogen and oxygen atoms in total. The summed E-state index contributed by atoms with van der Waals surface area (Å²) in [5.74, 6) is -0.927. The number of aromatic nitrogens is 1. The smallest absolute Gasteiger partial charge is 0.300 e. The molecular formula is C29H30N2O4. The number of pyridine rings is 1. The predicted octanol–water partition coefficient (Wildman–Crippen LogP) is 5.63. The minimum Gasteiger partial charge on any atom is -0.507 e. The zero-order valence-electron chi connectivity index (χ0n) is 20.9. The summed E-state index contributed by atoms with van der Waals surface area (Å²) >= 11 is 0. The number of aliphatic hydroxyl groups is 1. The topological polar surface area (TPSA) is 79.7 Å². The number of Topliss-reactive ketones (excluding diaryl/α,β-unsaturated/α-hetero) is 1. The Morgan fingerprint density at radius 2 is 1.69 bits per heavy atom. The van der Waals surface area contributed by atoms with Crippen LogP contribution in [0.1, 0.15) is 54.6 Å². The first-order valence-electron chi connectivity index (χ1n) is 11.5. The number of ketones is 1. The molecule has 1 aromatic heterocycles. The Morgan fingerprint density at radius 3 is 2.29 bits per heavy atom. The molecule has 6 heteroatoms. The van der Waals surface area contributed by atoms with Crippen molar-refractivity contribution < 1.29 is 19.4 Å². The Morgan fingerprint density at radius 1 is 1.00 bits per heavy atom. The summed E-state index contributed by atoms with van der Waals surface area (Å²) in [4.78, 5) is 32.4. The van der Waals surface area contributed by atoms with E-state index in [1.54, 1.807) is 43.8 Å². The number of nitrogens with zero attached hydrogens (tertiary/aromatic N) is 2. The molecular weight excluding hydrogens is 440 g/mol. The van der Waals surface area contributed by atoms with E-state index in [2.05, 4.69) is 4.98 Å². The number of benzene rings is 2. The first-order chi connectivity index (χ1) is 16.5. The normalized spacial score (nSPS) is 17.7. The minimum atomic E-state index is -0.792. The van der Waals surface area contributed by atoms with Crippen LogP contribution in [0.3, 0.4) is 0 Å². The Labute approximate surface area is 205 Å². The fourth-order valence-electron chi connectivity index (χ4n) is 4.61. The second kappa shape index (κ2) is 9.02. The van der Waals surface area contributed by atoms with Crippen LogP contribution in [-0.2, 0) is 15.0 Å². The first-order valence-corrected chi connectivity index (χ1v) is 11.5. The summed E-state index contributed by atoms with van der Waals surface area (Å²) in [5.41, 5.74) is 4.35. The summed E-state index contributed by atoms with van der Waals surface area (Å²) in [5, 5.41) is 11.5. The number of methoxy groups -OCH3 is 1. The van der Waals surface area contributed by atoms with Gasteiger partial charge >= 0.3 is 0 Å². The van der Waals surface area contributed by atoms with E-state index in [-0.39, 0.29) is 16.7 Å². The van der Waals surface area contributed by atoms with Crippen LogP contribution >= 0.6 is 0 Å². The number of aliphatic hydroxyl groups excluding tert-OH is 1. The van der Waals surface area contributed by atoms with Crippen LogP contribution in [0.5, 0.6) is 5.75 Å². The van der Waals surface area contributed by atoms with Gasteiger partial charge in [0.25, 0.3) is 11.7 Å². The van der Waals surface area contributed by atoms with Gasteiger partial charge in [0.05, 0.1) is 18.7 Å². The second-order valence-corrected chi connectivity index (χ2v) is 9.90. The molecule has 0 saturated carbocycles. The van der Waals surface area contributed by atoms with E-state index in [0.717, 1.165) is 16.7 Å². The van der Waals surface area contributed by atoms with Crippen LogP contribution in [0.4, 0.5) is 5.69 Å². The van der Waals surface area contributed by atoms with E-state index in [0.29, 0.717) is 22.6 Å². The van der Waals surface area contributed by atoms with E-state index in [1.165, 1.54) is 4.90 Å². The van der Waals surface area contributed by atoms with Crippen LogP contribution in [0.15, 0.2) is 66.5 Å². The quantitative estimate of drug-likeness (QED) is 0.304. The summed E-state index contributed by atoms with van der Waals surface area (Å²) in [7, 11) is 1.60. The lowest BCUT2D eigenvalue weighted by molar-refractivity contribution is -0.132. The largest absolute Gasteiger partial charge is 0.507 e. The fraction of sp³-hybridized carbons (Fsp3) is 0.276. The standard InChI is InChI=1S/C29H30N2O4/c1-17-7-9-22(18(2)15-17)31-25(19-11-13-30-14-12-19)24(27(33)28(31)34)26(32)20-8-10-23(35-6)21(16-20)29(3,4)5/h7-16,25,32H,1-6H3/b26-24-. The zero-order valence-corrected chi connectivity index (χ0v) is 20.9. The van der Waals surface area contributed by atoms with Crippen LogP contribution in [0.2, 0.25) is 0 Å². The van der Waals surface area contributed by atoms with Crippen LogP contribution in [-0.4, -0.2) is 28.9 Å². The second-order valence-electron chi connectivity index (χ2n) is 9.90. The van der Waals surface area contributed by atoms with Gasteiger partial charge < -0.3 is 9.84 Å². The van der Waals surface area contributed by atoms with Crippen LogP contribution in [0, 0.1) is 13.8 Å². The van der Waals surface area contributed by atoms with E-state index < -0.39 is 17.7 Å². The number of rotatable bonds is 4. The maximum Gasteiger partial charge on any atom is 0.300 e. The van der Waals surface area contributed by atoms with Crippen molar-refractivity contribution in [3.05, 3.63) is 94.3 Å². The average Bonchev–Trinajstić information content (AvgIpc) is 3.08. The molecule has 1 unspecified atom stereocenters. The lowest BCUT2D eigenvalue weighted by Crippen LogP contribution is -2.30. The number of hydrogen-bond acceptors (Lipinski definition) is 5. The molecule has 1 atom stereocenters. The molecule has 0 aliphatic carbocycles. The van der Waals surface area contributed by atoms with Gasteiger partial charge in [-0.05, 0) is 66.8 Å². The highest BCUT2D eigenvalue weighted by Gasteiger charge is 2.47. The van der Waals surface area contributed by atoms with E-state index >= 15 is 0 Å². The van der Waals surface area contributed by atoms with Crippen molar-refractivity contribution in [2.24, 2.45) is 0 Å². The Bertz CT molecular complexity index is 1340. The highest BCUT2D eigenvalue weighted by molar-refractivity contribution is 6.51. The molecule has 1 amide bonds. The number of carbonyl (C=O) groups is 2. The fourth-order valence-corrected chi connectivity index (χ4v) is 4.61. The highest BCUT2D eigenvalue weighted by atomic mass is 16.5. The monoisotopic (exact) mass is 470 g/mol. The summed E-state index contributed by atoms with van der Waals surface area (Å²) in [6.45, 7) is 10.0. The third-order valence-electron chi connectivity index (χ3n) is 6.36. The molecule has 0 bridgehead atoms. The molecule has 1 aliphatic heterocycles. The van der Waals surface area contributed by atoms with Crippen molar-refractivity contribution in [2.75, 3.05) is 12.0 Å². The van der Waals surface area contributed by atoms with Gasteiger partial charge in [-0.3, -0.25) is 19.5 Å². The predicted molar refractivity (Wildman–Crippen MR) is 137 cm³/mol. The number of hydrogen-bond donors (Lipinski definition) is 1. The van der Waals surface area contributed by atoms with Gasteiger partial charge in [-0.15, -0.1) is 0 Å². The minimum absolute atomic E-state index is 0.0474. The first kappa shape index (κ1) is 24.2. The molecule has 2 heterocycles. The molecule has 1 fully saturated rings. The van der Waals surface area contributed by atoms with Crippen molar-refractivity contribution in [1.29, 1.82) is 0 Å². The van der Waals surface area contributed by atoms with Crippen molar-refractivity contribution in [3.8, 4) is 5.75 Å². The van der Waals surface area contributed by atoms with Crippen LogP contribution in [0.25, 0.3) is 5.76 Å². The summed E-state index contributed by atoms with van der Waals surface area (Å²) in [6.07, 6.45) is 3.23. The third kappa shape index (κ3) is 4.32. The molecule has 0 radical (unpaired) electrons. The van der Waals surface area contributed by atoms with Gasteiger partial charge in [-0.2, -0.15) is 0 Å². The van der Waals surface area contributed by atoms with Gasteiger partial charge in [0.15, 0.2) is 0 Å². The van der Waals surface area contributed by atoms with Crippen molar-refractivity contribution in [2.45, 2.75) is 46.1 Å². The maximum atomic E-state index is 13.4. The maximum absolute atomic E-state index is 13.4. The molecule has 1 saturated heterocycles. The number of anilines is 1. The Balaban J connectivity index is 1.97. The summed E-state index contributed by atoms with van der Waals surface area (Å²) in [6, 6.07) is 13.7. The molecule has 35 heavy (non-hydrogen) atoms. The average molecular weight is 471 g/mol. The number of aryl methyl sites for hydroxylation is 2. The van der Waals surface area contributed by atoms with E-state index in [4.69, 9.17) is 4.74 Å². The zero-order chi connectivity index (χ0) is 25.5. The Kier molecular flexibility index (Phi) is 6.24. The molecule has 1 aliphatic rings. The lowest BCUT2D eigenvalue weighted by atomic mass is 9.84. The van der Waals surface area contributed by atoms with Crippen molar-refractivity contribution >= 4 is 23.1 Å². The van der Waals surface area contributed by atoms with E-state index in [9.17, 15) is 14.7 Å². The van der Waals surface area contributed by atoms with Gasteiger partial charge in [0.1, 0.15) is 11.5 Å². The number of ether oxygens (including phenoxy) is 1. The molecule has 0 spiro atoms. The van der Waals surface area contributed by atoms with Gasteiger partial charge in [0.2, 0.25) is 0 Å². The lowest BCUT2D eigenvalue weighted by Gasteiger charge is -2.27. The molecule has 2 aromatic carbocycles. The Hall–Kier alpha value is -3.93. The number of carbonyl (C=O) groups excluding carboxylic acids is 2. The molecule has 3 aromatic rings. The molecule has 180 valence electrons. The molecule has 1 N–H and O–H groups in total. The van der Waals surface area contributed by atoms with Crippen molar-refractivity contribution in [3.63, 3.8) is 0 Å². The van der Waals surface area contributed by atoms with Crippen molar-refractivity contribution in [1.82, 2.24) is 4.98 Å².